The number of pyridine rings is 1. The van der Waals surface area contributed by atoms with Crippen LogP contribution in [0, 0.1) is 11.6 Å². The van der Waals surface area contributed by atoms with Crippen LogP contribution in [0.25, 0.3) is 6.08 Å². The lowest BCUT2D eigenvalue weighted by Gasteiger charge is -2.18. The van der Waals surface area contributed by atoms with E-state index in [4.69, 9.17) is 0 Å². The van der Waals surface area contributed by atoms with Crippen molar-refractivity contribution in [2.45, 2.75) is 19.4 Å². The molecule has 3 aromatic rings. The van der Waals surface area contributed by atoms with E-state index in [0.717, 1.165) is 29.9 Å². The Kier molecular flexibility index (Phi) is 6.82. The number of halogens is 2. The van der Waals surface area contributed by atoms with Crippen LogP contribution in [-0.4, -0.2) is 56.1 Å². The standard InChI is InChI=1S/C23H22F2N6O2/c24-18-4-1-5-19(25)17(18)6-7-22(32)30-12-9-21-29-28-20(31(21)14-13-30)8-11-27-23(33)16-3-2-10-26-15-16/h1-7,10,15H,8-9,11-14H2,(H,27,33). The van der Waals surface area contributed by atoms with Gasteiger partial charge in [0, 0.05) is 63.1 Å². The molecule has 0 radical (unpaired) electrons. The molecule has 0 bridgehead atoms. The normalized spacial score (nSPS) is 13.6. The van der Waals surface area contributed by atoms with Gasteiger partial charge < -0.3 is 14.8 Å². The molecule has 0 fully saturated rings. The van der Waals surface area contributed by atoms with E-state index < -0.39 is 11.6 Å². The van der Waals surface area contributed by atoms with Crippen LogP contribution in [0.2, 0.25) is 0 Å². The van der Waals surface area contributed by atoms with Crippen LogP contribution in [0.4, 0.5) is 8.78 Å². The molecule has 2 aromatic heterocycles. The topological polar surface area (TPSA) is 93.0 Å². The van der Waals surface area contributed by atoms with Crippen molar-refractivity contribution in [1.82, 2.24) is 30.0 Å². The average molecular weight is 452 g/mol. The lowest BCUT2D eigenvalue weighted by molar-refractivity contribution is -0.125. The summed E-state index contributed by atoms with van der Waals surface area (Å²) in [6.45, 7) is 1.69. The van der Waals surface area contributed by atoms with E-state index >= 15 is 0 Å². The van der Waals surface area contributed by atoms with Gasteiger partial charge in [0.05, 0.1) is 5.56 Å². The third-order valence-corrected chi connectivity index (χ3v) is 5.36. The quantitative estimate of drug-likeness (QED) is 0.578. The smallest absolute Gasteiger partial charge is 0.252 e. The Morgan fingerprint density at radius 3 is 2.64 bits per heavy atom. The summed E-state index contributed by atoms with van der Waals surface area (Å²) in [6, 6.07) is 6.95. The largest absolute Gasteiger partial charge is 0.352 e. The summed E-state index contributed by atoms with van der Waals surface area (Å²) in [5.41, 5.74) is 0.239. The number of carbonyl (C=O) groups is 2. The van der Waals surface area contributed by atoms with E-state index in [1.165, 1.54) is 18.3 Å². The van der Waals surface area contributed by atoms with Gasteiger partial charge in [-0.2, -0.15) is 0 Å². The van der Waals surface area contributed by atoms with Crippen LogP contribution < -0.4 is 5.32 Å². The monoisotopic (exact) mass is 452 g/mol. The molecule has 0 saturated carbocycles. The van der Waals surface area contributed by atoms with E-state index in [9.17, 15) is 18.4 Å². The third kappa shape index (κ3) is 5.28. The molecule has 1 N–H and O–H groups in total. The summed E-state index contributed by atoms with van der Waals surface area (Å²) in [5, 5.41) is 11.3. The number of rotatable bonds is 6. The summed E-state index contributed by atoms with van der Waals surface area (Å²) in [6.07, 6.45) is 6.43. The molecule has 1 aliphatic heterocycles. The average Bonchev–Trinajstić information content (AvgIpc) is 3.07. The molecule has 170 valence electrons. The number of carbonyl (C=O) groups excluding carboxylic acids is 2. The van der Waals surface area contributed by atoms with Gasteiger partial charge in [-0.25, -0.2) is 8.78 Å². The molecule has 8 nitrogen and oxygen atoms in total. The minimum Gasteiger partial charge on any atom is -0.352 e. The number of nitrogens with one attached hydrogen (secondary N) is 1. The van der Waals surface area contributed by atoms with Crippen molar-refractivity contribution in [3.63, 3.8) is 0 Å². The van der Waals surface area contributed by atoms with Gasteiger partial charge in [-0.05, 0) is 30.3 Å². The van der Waals surface area contributed by atoms with E-state index in [1.54, 1.807) is 23.2 Å². The van der Waals surface area contributed by atoms with Gasteiger partial charge in [0.15, 0.2) is 0 Å². The molecule has 0 aliphatic carbocycles. The van der Waals surface area contributed by atoms with Crippen LogP contribution in [-0.2, 0) is 24.2 Å². The van der Waals surface area contributed by atoms with Crippen LogP contribution in [0.3, 0.4) is 0 Å². The Morgan fingerprint density at radius 2 is 1.88 bits per heavy atom. The molecular weight excluding hydrogens is 430 g/mol. The van der Waals surface area contributed by atoms with Crippen molar-refractivity contribution in [2.75, 3.05) is 19.6 Å². The number of nitrogens with zero attached hydrogens (tertiary/aromatic N) is 5. The Bertz CT molecular complexity index is 1160. The molecule has 0 unspecified atom stereocenters. The summed E-state index contributed by atoms with van der Waals surface area (Å²) in [5.74, 6) is -0.518. The third-order valence-electron chi connectivity index (χ3n) is 5.36. The zero-order chi connectivity index (χ0) is 23.2. The number of amides is 2. The SMILES string of the molecule is O=C(NCCc1nnc2n1CCN(C(=O)C=Cc1c(F)cccc1F)CC2)c1cccnc1. The van der Waals surface area contributed by atoms with E-state index in [-0.39, 0.29) is 17.4 Å². The molecule has 10 heteroatoms. The zero-order valence-corrected chi connectivity index (χ0v) is 17.7. The highest BCUT2D eigenvalue weighted by Crippen LogP contribution is 2.15. The molecule has 1 aromatic carbocycles. The molecule has 3 heterocycles. The van der Waals surface area contributed by atoms with E-state index in [0.29, 0.717) is 44.6 Å². The lowest BCUT2D eigenvalue weighted by Crippen LogP contribution is -2.32. The van der Waals surface area contributed by atoms with Crippen LogP contribution in [0.5, 0.6) is 0 Å². The second-order valence-corrected chi connectivity index (χ2v) is 7.48. The molecule has 0 atom stereocenters. The van der Waals surface area contributed by atoms with Crippen LogP contribution >= 0.6 is 0 Å². The molecular formula is C23H22F2N6O2. The van der Waals surface area contributed by atoms with Crippen molar-refractivity contribution >= 4 is 17.9 Å². The molecule has 2 amide bonds. The van der Waals surface area contributed by atoms with Crippen molar-refractivity contribution in [3.05, 3.63) is 83.2 Å². The summed E-state index contributed by atoms with van der Waals surface area (Å²) in [7, 11) is 0. The van der Waals surface area contributed by atoms with Gasteiger partial charge in [0.1, 0.15) is 23.3 Å². The van der Waals surface area contributed by atoms with Crippen LogP contribution in [0.1, 0.15) is 27.6 Å². The highest BCUT2D eigenvalue weighted by atomic mass is 19.1. The molecule has 4 rings (SSSR count). The van der Waals surface area contributed by atoms with Gasteiger partial charge >= 0.3 is 0 Å². The fourth-order valence-corrected chi connectivity index (χ4v) is 3.61. The predicted octanol–water partition coefficient (Wildman–Crippen LogP) is 2.02. The minimum atomic E-state index is -0.721. The highest BCUT2D eigenvalue weighted by Gasteiger charge is 2.21. The summed E-state index contributed by atoms with van der Waals surface area (Å²) < 4.78 is 29.5. The molecule has 0 saturated heterocycles. The van der Waals surface area contributed by atoms with Gasteiger partial charge in [-0.15, -0.1) is 10.2 Å². The second-order valence-electron chi connectivity index (χ2n) is 7.48. The maximum absolute atomic E-state index is 13.8. The van der Waals surface area contributed by atoms with E-state index in [2.05, 4.69) is 20.5 Å². The molecule has 0 spiro atoms. The maximum atomic E-state index is 13.8. The Labute approximate surface area is 189 Å². The van der Waals surface area contributed by atoms with Crippen molar-refractivity contribution in [1.29, 1.82) is 0 Å². The number of aromatic nitrogens is 4. The second kappa shape index (κ2) is 10.1. The summed E-state index contributed by atoms with van der Waals surface area (Å²) in [4.78, 5) is 30.3. The van der Waals surface area contributed by atoms with Gasteiger partial charge in [-0.3, -0.25) is 14.6 Å². The number of benzene rings is 1. The highest BCUT2D eigenvalue weighted by molar-refractivity contribution is 5.93. The fraction of sp³-hybridized carbons (Fsp3) is 0.261. The van der Waals surface area contributed by atoms with E-state index in [1.807, 2.05) is 4.57 Å². The van der Waals surface area contributed by atoms with Crippen molar-refractivity contribution in [3.8, 4) is 0 Å². The first-order valence-corrected chi connectivity index (χ1v) is 10.5. The van der Waals surface area contributed by atoms with Crippen LogP contribution in [0.15, 0.2) is 48.8 Å². The van der Waals surface area contributed by atoms with Crippen molar-refractivity contribution < 1.29 is 18.4 Å². The van der Waals surface area contributed by atoms with Gasteiger partial charge in [-0.1, -0.05) is 6.07 Å². The Hall–Kier alpha value is -3.95. The number of hydrogen-bond acceptors (Lipinski definition) is 5. The predicted molar refractivity (Wildman–Crippen MR) is 116 cm³/mol. The molecule has 1 aliphatic rings. The number of hydrogen-bond donors (Lipinski definition) is 1. The minimum absolute atomic E-state index is 0.214. The first-order chi connectivity index (χ1) is 16.0. The van der Waals surface area contributed by atoms with Crippen molar-refractivity contribution in [2.24, 2.45) is 0 Å². The summed E-state index contributed by atoms with van der Waals surface area (Å²) >= 11 is 0. The van der Waals surface area contributed by atoms with Gasteiger partial charge in [0.2, 0.25) is 5.91 Å². The Morgan fingerprint density at radius 1 is 1.06 bits per heavy atom. The maximum Gasteiger partial charge on any atom is 0.252 e. The molecule has 33 heavy (non-hydrogen) atoms. The lowest BCUT2D eigenvalue weighted by atomic mass is 10.2. The zero-order valence-electron chi connectivity index (χ0n) is 17.7. The first kappa shape index (κ1) is 22.3. The Balaban J connectivity index is 1.34. The first-order valence-electron chi connectivity index (χ1n) is 10.5. The fourth-order valence-electron chi connectivity index (χ4n) is 3.61. The van der Waals surface area contributed by atoms with Gasteiger partial charge in [0.25, 0.3) is 5.91 Å². The number of fused-ring (bicyclic) bond motifs is 1.